The molecule has 4 unspecified atom stereocenters. The van der Waals surface area contributed by atoms with Gasteiger partial charge < -0.3 is 9.47 Å². The predicted molar refractivity (Wildman–Crippen MR) is 60.8 cm³/mol. The Labute approximate surface area is 98.1 Å². The Morgan fingerprint density at radius 1 is 1.38 bits per heavy atom. The van der Waals surface area contributed by atoms with Gasteiger partial charge in [0.25, 0.3) is 0 Å². The number of hydrogen-bond donors (Lipinski definition) is 0. The fourth-order valence-corrected chi connectivity index (χ4v) is 3.81. The van der Waals surface area contributed by atoms with Crippen molar-refractivity contribution in [3.05, 3.63) is 0 Å². The summed E-state index contributed by atoms with van der Waals surface area (Å²) in [4.78, 5) is 11.8. The monoisotopic (exact) mass is 246 g/mol. The minimum Gasteiger partial charge on any atom is -0.381 e. The van der Waals surface area contributed by atoms with Crippen LogP contribution in [0.2, 0.25) is 0 Å². The lowest BCUT2D eigenvalue weighted by Crippen LogP contribution is -2.30. The molecule has 2 rings (SSSR count). The van der Waals surface area contributed by atoms with Crippen LogP contribution in [0.25, 0.3) is 0 Å². The van der Waals surface area contributed by atoms with Crippen LogP contribution in [0.4, 0.5) is 0 Å². The van der Waals surface area contributed by atoms with Gasteiger partial charge in [-0.25, -0.2) is 0 Å². The molecular weight excluding hydrogens is 228 g/mol. The molecule has 0 aromatic carbocycles. The van der Waals surface area contributed by atoms with Crippen LogP contribution < -0.4 is 0 Å². The minimum atomic E-state index is -1.08. The van der Waals surface area contributed by atoms with Crippen LogP contribution in [0.1, 0.15) is 19.8 Å². The molecule has 2 aliphatic rings. The van der Waals surface area contributed by atoms with Crippen molar-refractivity contribution in [3.63, 3.8) is 0 Å². The Bertz CT molecular complexity index is 286. The maximum Gasteiger partial charge on any atom is 0.150 e. The minimum absolute atomic E-state index is 0.0217. The molecule has 4 nitrogen and oxygen atoms in total. The van der Waals surface area contributed by atoms with Gasteiger partial charge in [0, 0.05) is 29.9 Å². The molecule has 2 aliphatic heterocycles. The molecule has 0 radical (unpaired) electrons. The SMILES string of the molecule is CC1OCCC1S(=O)CC(=O)C1CCOC1. The van der Waals surface area contributed by atoms with Crippen LogP contribution >= 0.6 is 0 Å². The van der Waals surface area contributed by atoms with Crippen LogP contribution in [0.15, 0.2) is 0 Å². The number of hydrogen-bond acceptors (Lipinski definition) is 4. The van der Waals surface area contributed by atoms with E-state index in [0.717, 1.165) is 12.8 Å². The van der Waals surface area contributed by atoms with Crippen LogP contribution in [-0.2, 0) is 25.1 Å². The maximum atomic E-state index is 12.0. The van der Waals surface area contributed by atoms with Crippen LogP contribution in [0.5, 0.6) is 0 Å². The van der Waals surface area contributed by atoms with Crippen molar-refractivity contribution in [1.29, 1.82) is 0 Å². The molecule has 0 amide bonds. The molecule has 92 valence electrons. The summed E-state index contributed by atoms with van der Waals surface area (Å²) >= 11 is 0. The molecule has 0 spiro atoms. The topological polar surface area (TPSA) is 52.6 Å². The summed E-state index contributed by atoms with van der Waals surface area (Å²) < 4.78 is 22.5. The first kappa shape index (κ1) is 12.2. The van der Waals surface area contributed by atoms with E-state index in [1.54, 1.807) is 0 Å². The Morgan fingerprint density at radius 2 is 2.19 bits per heavy atom. The summed E-state index contributed by atoms with van der Waals surface area (Å²) in [5.41, 5.74) is 0. The lowest BCUT2D eigenvalue weighted by Gasteiger charge is -2.14. The summed E-state index contributed by atoms with van der Waals surface area (Å²) in [7, 11) is -1.08. The average molecular weight is 246 g/mol. The average Bonchev–Trinajstić information content (AvgIpc) is 2.86. The zero-order chi connectivity index (χ0) is 11.5. The Balaban J connectivity index is 1.84. The van der Waals surface area contributed by atoms with Crippen molar-refractivity contribution in [3.8, 4) is 0 Å². The number of rotatable bonds is 4. The van der Waals surface area contributed by atoms with E-state index in [1.807, 2.05) is 6.92 Å². The molecule has 0 bridgehead atoms. The van der Waals surface area contributed by atoms with Crippen molar-refractivity contribution in [2.45, 2.75) is 31.1 Å². The van der Waals surface area contributed by atoms with Crippen LogP contribution in [-0.4, -0.2) is 46.9 Å². The highest BCUT2D eigenvalue weighted by Crippen LogP contribution is 2.20. The molecule has 2 saturated heterocycles. The van der Waals surface area contributed by atoms with Crippen molar-refractivity contribution < 1.29 is 18.5 Å². The van der Waals surface area contributed by atoms with E-state index >= 15 is 0 Å². The molecule has 0 N–H and O–H groups in total. The van der Waals surface area contributed by atoms with Crippen molar-refractivity contribution in [2.75, 3.05) is 25.6 Å². The van der Waals surface area contributed by atoms with Crippen LogP contribution in [0, 0.1) is 5.92 Å². The molecule has 0 aliphatic carbocycles. The summed E-state index contributed by atoms with van der Waals surface area (Å²) in [5, 5.41) is 0.0336. The van der Waals surface area contributed by atoms with Gasteiger partial charge in [-0.1, -0.05) is 0 Å². The van der Waals surface area contributed by atoms with Crippen molar-refractivity contribution in [2.24, 2.45) is 5.92 Å². The van der Waals surface area contributed by atoms with E-state index in [4.69, 9.17) is 9.47 Å². The molecule has 0 aromatic heterocycles. The zero-order valence-electron chi connectivity index (χ0n) is 9.52. The number of Topliss-reactive ketones (excluding diaryl/α,β-unsaturated/α-hetero) is 1. The highest BCUT2D eigenvalue weighted by Gasteiger charge is 2.32. The van der Waals surface area contributed by atoms with E-state index in [2.05, 4.69) is 0 Å². The number of carbonyl (C=O) groups excluding carboxylic acids is 1. The number of ketones is 1. The maximum absolute atomic E-state index is 12.0. The molecule has 5 heteroatoms. The normalized spacial score (nSPS) is 36.4. The molecule has 0 aromatic rings. The highest BCUT2D eigenvalue weighted by molar-refractivity contribution is 7.86. The van der Waals surface area contributed by atoms with Crippen molar-refractivity contribution in [1.82, 2.24) is 0 Å². The molecule has 4 atom stereocenters. The first-order valence-corrected chi connectivity index (χ1v) is 7.16. The summed E-state index contributed by atoms with van der Waals surface area (Å²) in [5.74, 6) is 0.239. The van der Waals surface area contributed by atoms with Gasteiger partial charge in [0.2, 0.25) is 0 Å². The zero-order valence-corrected chi connectivity index (χ0v) is 10.3. The van der Waals surface area contributed by atoms with Gasteiger partial charge in [-0.15, -0.1) is 0 Å². The van der Waals surface area contributed by atoms with E-state index in [-0.39, 0.29) is 28.8 Å². The Kier molecular flexibility index (Phi) is 4.10. The lowest BCUT2D eigenvalue weighted by molar-refractivity contribution is -0.120. The van der Waals surface area contributed by atoms with Gasteiger partial charge in [0.15, 0.2) is 5.78 Å². The van der Waals surface area contributed by atoms with E-state index < -0.39 is 10.8 Å². The van der Waals surface area contributed by atoms with Gasteiger partial charge in [0.1, 0.15) is 0 Å². The second-order valence-electron chi connectivity index (χ2n) is 4.45. The Morgan fingerprint density at radius 3 is 2.75 bits per heavy atom. The lowest BCUT2D eigenvalue weighted by atomic mass is 10.1. The predicted octanol–water partition coefficient (Wildman–Crippen LogP) is 0.518. The molecule has 2 heterocycles. The molecule has 0 saturated carbocycles. The first-order chi connectivity index (χ1) is 7.68. The second kappa shape index (κ2) is 5.38. The number of carbonyl (C=O) groups is 1. The van der Waals surface area contributed by atoms with Gasteiger partial charge in [-0.05, 0) is 19.8 Å². The van der Waals surface area contributed by atoms with Gasteiger partial charge in [-0.2, -0.15) is 0 Å². The third-order valence-electron chi connectivity index (χ3n) is 3.31. The quantitative estimate of drug-likeness (QED) is 0.725. The fraction of sp³-hybridized carbons (Fsp3) is 0.909. The first-order valence-electron chi connectivity index (χ1n) is 5.77. The summed E-state index contributed by atoms with van der Waals surface area (Å²) in [6, 6.07) is 0. The smallest absolute Gasteiger partial charge is 0.150 e. The standard InChI is InChI=1S/C11H18O4S/c1-8-11(3-5-15-8)16(13)7-10(12)9-2-4-14-6-9/h8-9,11H,2-7H2,1H3. The highest BCUT2D eigenvalue weighted by atomic mass is 32.2. The fourth-order valence-electron chi connectivity index (χ4n) is 2.21. The largest absolute Gasteiger partial charge is 0.381 e. The van der Waals surface area contributed by atoms with E-state index in [0.29, 0.717) is 19.8 Å². The van der Waals surface area contributed by atoms with E-state index in [9.17, 15) is 9.00 Å². The molecule has 2 fully saturated rings. The summed E-state index contributed by atoms with van der Waals surface area (Å²) in [6.45, 7) is 3.76. The van der Waals surface area contributed by atoms with E-state index in [1.165, 1.54) is 0 Å². The second-order valence-corrected chi connectivity index (χ2v) is 6.11. The van der Waals surface area contributed by atoms with Gasteiger partial charge in [-0.3, -0.25) is 9.00 Å². The number of ether oxygens (including phenoxy) is 2. The van der Waals surface area contributed by atoms with Gasteiger partial charge in [0.05, 0.1) is 23.7 Å². The van der Waals surface area contributed by atoms with Gasteiger partial charge >= 0.3 is 0 Å². The third-order valence-corrected chi connectivity index (χ3v) is 5.18. The molecular formula is C11H18O4S. The summed E-state index contributed by atoms with van der Waals surface area (Å²) in [6.07, 6.45) is 1.61. The van der Waals surface area contributed by atoms with Crippen molar-refractivity contribution >= 4 is 16.6 Å². The third kappa shape index (κ3) is 2.70. The Hall–Kier alpha value is -0.260. The molecule has 16 heavy (non-hydrogen) atoms. The van der Waals surface area contributed by atoms with Crippen LogP contribution in [0.3, 0.4) is 0 Å².